The summed E-state index contributed by atoms with van der Waals surface area (Å²) in [7, 11) is 2.78. The predicted molar refractivity (Wildman–Crippen MR) is 86.1 cm³/mol. The Hall–Kier alpha value is -2.75. The minimum Gasteiger partial charge on any atom is -0.507 e. The van der Waals surface area contributed by atoms with Crippen LogP contribution in [0.3, 0.4) is 0 Å². The van der Waals surface area contributed by atoms with Gasteiger partial charge in [0.1, 0.15) is 17.1 Å². The summed E-state index contributed by atoms with van der Waals surface area (Å²) in [5.41, 5.74) is 2.81. The summed E-state index contributed by atoms with van der Waals surface area (Å²) >= 11 is 0. The van der Waals surface area contributed by atoms with Gasteiger partial charge in [-0.25, -0.2) is 4.79 Å². The van der Waals surface area contributed by atoms with Crippen LogP contribution in [0.1, 0.15) is 27.0 Å². The summed E-state index contributed by atoms with van der Waals surface area (Å²) < 4.78 is 9.85. The van der Waals surface area contributed by atoms with Gasteiger partial charge in [-0.3, -0.25) is 0 Å². The normalized spacial score (nSPS) is 10.7. The van der Waals surface area contributed by atoms with Gasteiger partial charge < -0.3 is 14.6 Å². The van der Waals surface area contributed by atoms with Crippen LogP contribution in [-0.4, -0.2) is 25.3 Å². The van der Waals surface area contributed by atoms with Crippen molar-refractivity contribution in [2.24, 2.45) is 0 Å². The first-order chi connectivity index (χ1) is 10.5. The van der Waals surface area contributed by atoms with E-state index in [-0.39, 0.29) is 11.3 Å². The van der Waals surface area contributed by atoms with Crippen molar-refractivity contribution in [1.82, 2.24) is 0 Å². The molecule has 0 aromatic heterocycles. The second-order valence-electron chi connectivity index (χ2n) is 4.85. The van der Waals surface area contributed by atoms with Crippen molar-refractivity contribution in [2.75, 3.05) is 14.2 Å². The monoisotopic (exact) mass is 298 g/mol. The molecule has 4 nitrogen and oxygen atoms in total. The lowest BCUT2D eigenvalue weighted by Crippen LogP contribution is -2.04. The number of rotatable bonds is 4. The van der Waals surface area contributed by atoms with Crippen LogP contribution in [0, 0.1) is 6.92 Å². The maximum atomic E-state index is 11.9. The van der Waals surface area contributed by atoms with Gasteiger partial charge in [-0.05, 0) is 24.1 Å². The van der Waals surface area contributed by atoms with Crippen molar-refractivity contribution >= 4 is 18.1 Å². The fourth-order valence-corrected chi connectivity index (χ4v) is 2.06. The first-order valence-electron chi connectivity index (χ1n) is 6.79. The second-order valence-corrected chi connectivity index (χ2v) is 4.85. The topological polar surface area (TPSA) is 55.8 Å². The van der Waals surface area contributed by atoms with E-state index in [1.807, 2.05) is 37.3 Å². The van der Waals surface area contributed by atoms with E-state index in [0.717, 1.165) is 5.56 Å². The summed E-state index contributed by atoms with van der Waals surface area (Å²) in [5.74, 6) is -0.299. The Labute approximate surface area is 129 Å². The summed E-state index contributed by atoms with van der Waals surface area (Å²) in [4.78, 5) is 11.9. The first kappa shape index (κ1) is 15.6. The smallest absolute Gasteiger partial charge is 0.342 e. The van der Waals surface area contributed by atoms with Gasteiger partial charge in [0.25, 0.3) is 0 Å². The van der Waals surface area contributed by atoms with E-state index < -0.39 is 5.97 Å². The molecule has 0 fully saturated rings. The van der Waals surface area contributed by atoms with Crippen molar-refractivity contribution in [1.29, 1.82) is 0 Å². The van der Waals surface area contributed by atoms with Gasteiger partial charge in [-0.2, -0.15) is 0 Å². The van der Waals surface area contributed by atoms with Gasteiger partial charge in [0.05, 0.1) is 14.2 Å². The maximum Gasteiger partial charge on any atom is 0.342 e. The Kier molecular flexibility index (Phi) is 4.84. The quantitative estimate of drug-likeness (QED) is 0.691. The highest BCUT2D eigenvalue weighted by Gasteiger charge is 2.17. The van der Waals surface area contributed by atoms with Crippen LogP contribution >= 0.6 is 0 Å². The number of hydrogen-bond acceptors (Lipinski definition) is 4. The van der Waals surface area contributed by atoms with Gasteiger partial charge in [0.2, 0.25) is 0 Å². The molecule has 0 spiro atoms. The standard InChI is InChI=1S/C18H18O4/c1-12-4-6-13(7-5-12)8-9-14-10-15(21-2)11-16(19)17(14)18(20)22-3/h4-11,19H,1-3H3/b9-8+. The molecule has 0 aliphatic heterocycles. The van der Waals surface area contributed by atoms with Crippen LogP contribution in [-0.2, 0) is 4.74 Å². The Morgan fingerprint density at radius 2 is 1.77 bits per heavy atom. The summed E-state index contributed by atoms with van der Waals surface area (Å²) in [6.45, 7) is 2.02. The molecule has 2 aromatic rings. The van der Waals surface area contributed by atoms with Crippen LogP contribution in [0.5, 0.6) is 11.5 Å². The van der Waals surface area contributed by atoms with E-state index in [2.05, 4.69) is 0 Å². The van der Waals surface area contributed by atoms with E-state index in [9.17, 15) is 9.90 Å². The Bertz CT molecular complexity index is 700. The van der Waals surface area contributed by atoms with Crippen LogP contribution in [0.2, 0.25) is 0 Å². The third-order valence-electron chi connectivity index (χ3n) is 3.28. The fraction of sp³-hybridized carbons (Fsp3) is 0.167. The van der Waals surface area contributed by atoms with E-state index in [1.54, 1.807) is 12.1 Å². The van der Waals surface area contributed by atoms with Gasteiger partial charge in [0, 0.05) is 6.07 Å². The number of ether oxygens (including phenoxy) is 2. The molecule has 0 bridgehead atoms. The third kappa shape index (κ3) is 3.47. The van der Waals surface area contributed by atoms with Gasteiger partial charge in [-0.15, -0.1) is 0 Å². The minimum atomic E-state index is -0.594. The van der Waals surface area contributed by atoms with Crippen LogP contribution in [0.15, 0.2) is 36.4 Å². The Balaban J connectivity index is 2.45. The zero-order valence-corrected chi connectivity index (χ0v) is 12.8. The SMILES string of the molecule is COC(=O)c1c(O)cc(OC)cc1/C=C/c1ccc(C)cc1. The van der Waals surface area contributed by atoms with Crippen molar-refractivity contribution in [3.05, 3.63) is 58.7 Å². The van der Waals surface area contributed by atoms with Crippen molar-refractivity contribution < 1.29 is 19.4 Å². The summed E-state index contributed by atoms with van der Waals surface area (Å²) in [5, 5.41) is 10.0. The maximum absolute atomic E-state index is 11.9. The van der Waals surface area contributed by atoms with Crippen LogP contribution in [0.25, 0.3) is 12.2 Å². The molecule has 22 heavy (non-hydrogen) atoms. The number of hydrogen-bond donors (Lipinski definition) is 1. The summed E-state index contributed by atoms with van der Waals surface area (Å²) in [6, 6.07) is 11.0. The molecule has 0 radical (unpaired) electrons. The molecular weight excluding hydrogens is 280 g/mol. The number of methoxy groups -OCH3 is 2. The molecule has 114 valence electrons. The lowest BCUT2D eigenvalue weighted by Gasteiger charge is -2.09. The van der Waals surface area contributed by atoms with Crippen molar-refractivity contribution in [2.45, 2.75) is 6.92 Å². The molecule has 0 saturated heterocycles. The Morgan fingerprint density at radius 3 is 2.36 bits per heavy atom. The lowest BCUT2D eigenvalue weighted by molar-refractivity contribution is 0.0597. The summed E-state index contributed by atoms with van der Waals surface area (Å²) in [6.07, 6.45) is 3.61. The average molecular weight is 298 g/mol. The molecule has 0 aliphatic carbocycles. The molecule has 0 atom stereocenters. The van der Waals surface area contributed by atoms with Crippen molar-refractivity contribution in [3.8, 4) is 11.5 Å². The van der Waals surface area contributed by atoms with Gasteiger partial charge >= 0.3 is 5.97 Å². The number of aryl methyl sites for hydroxylation is 1. The van der Waals surface area contributed by atoms with Gasteiger partial charge in [-0.1, -0.05) is 42.0 Å². The van der Waals surface area contributed by atoms with Crippen molar-refractivity contribution in [3.63, 3.8) is 0 Å². The minimum absolute atomic E-state index is 0.117. The zero-order valence-electron chi connectivity index (χ0n) is 12.8. The number of esters is 1. The van der Waals surface area contributed by atoms with Crippen LogP contribution in [0.4, 0.5) is 0 Å². The van der Waals surface area contributed by atoms with E-state index >= 15 is 0 Å². The molecular formula is C18H18O4. The van der Waals surface area contributed by atoms with E-state index in [0.29, 0.717) is 11.3 Å². The number of carbonyl (C=O) groups excluding carboxylic acids is 1. The third-order valence-corrected chi connectivity index (χ3v) is 3.28. The molecule has 0 aliphatic rings. The van der Waals surface area contributed by atoms with E-state index in [1.165, 1.54) is 25.8 Å². The largest absolute Gasteiger partial charge is 0.507 e. The number of benzene rings is 2. The number of phenols is 1. The highest BCUT2D eigenvalue weighted by Crippen LogP contribution is 2.29. The van der Waals surface area contributed by atoms with E-state index in [4.69, 9.17) is 9.47 Å². The highest BCUT2D eigenvalue weighted by atomic mass is 16.5. The molecule has 0 saturated carbocycles. The first-order valence-corrected chi connectivity index (χ1v) is 6.79. The van der Waals surface area contributed by atoms with Gasteiger partial charge in [0.15, 0.2) is 0 Å². The molecule has 2 aromatic carbocycles. The zero-order chi connectivity index (χ0) is 16.1. The molecule has 0 amide bonds. The lowest BCUT2D eigenvalue weighted by atomic mass is 10.0. The molecule has 2 rings (SSSR count). The molecule has 0 unspecified atom stereocenters. The second kappa shape index (κ2) is 6.80. The average Bonchev–Trinajstić information content (AvgIpc) is 2.53. The number of carbonyl (C=O) groups is 1. The molecule has 4 heteroatoms. The van der Waals surface area contributed by atoms with Crippen LogP contribution < -0.4 is 4.74 Å². The molecule has 1 N–H and O–H groups in total. The predicted octanol–water partition coefficient (Wildman–Crippen LogP) is 3.67. The Morgan fingerprint density at radius 1 is 1.09 bits per heavy atom. The highest BCUT2D eigenvalue weighted by molar-refractivity contribution is 5.98. The fourth-order valence-electron chi connectivity index (χ4n) is 2.06. The number of phenolic OH excluding ortho intramolecular Hbond substituents is 1. The number of aromatic hydroxyl groups is 1. The molecule has 0 heterocycles.